The van der Waals surface area contributed by atoms with Gasteiger partial charge in [0.05, 0.1) is 11.3 Å². The van der Waals surface area contributed by atoms with Crippen molar-refractivity contribution in [3.63, 3.8) is 0 Å². The predicted octanol–water partition coefficient (Wildman–Crippen LogP) is 1.59. The summed E-state index contributed by atoms with van der Waals surface area (Å²) in [5, 5.41) is 11.1. The Balaban J connectivity index is 2.97. The molecule has 0 aliphatic rings. The lowest BCUT2D eigenvalue weighted by Crippen LogP contribution is -2.36. The summed E-state index contributed by atoms with van der Waals surface area (Å²) in [4.78, 5) is 22.5. The number of nitrogens with two attached hydrogens (primary N) is 1. The summed E-state index contributed by atoms with van der Waals surface area (Å²) in [6.45, 7) is 3.29. The number of aromatic carboxylic acids is 1. The normalized spacial score (nSPS) is 11.1. The predicted molar refractivity (Wildman–Crippen MR) is 64.9 cm³/mol. The first-order valence-electron chi connectivity index (χ1n) is 5.31. The molecule has 0 aliphatic heterocycles. The molecular formula is C12H15FN2O3. The summed E-state index contributed by atoms with van der Waals surface area (Å²) in [5.74, 6) is -2.63. The van der Waals surface area contributed by atoms with Crippen LogP contribution < -0.4 is 11.1 Å². The van der Waals surface area contributed by atoms with Gasteiger partial charge in [-0.15, -0.1) is 0 Å². The van der Waals surface area contributed by atoms with Crippen molar-refractivity contribution >= 4 is 17.6 Å². The molecule has 0 fully saturated rings. The lowest BCUT2D eigenvalue weighted by Gasteiger charge is -2.18. The van der Waals surface area contributed by atoms with Crippen LogP contribution in [-0.2, 0) is 4.79 Å². The molecule has 0 saturated heterocycles. The third kappa shape index (κ3) is 3.81. The molecule has 98 valence electrons. The molecule has 0 radical (unpaired) electrons. The molecule has 18 heavy (non-hydrogen) atoms. The van der Waals surface area contributed by atoms with Crippen molar-refractivity contribution in [2.75, 3.05) is 5.32 Å². The number of benzene rings is 1. The number of hydrogen-bond acceptors (Lipinski definition) is 3. The van der Waals surface area contributed by atoms with Crippen molar-refractivity contribution in [2.45, 2.75) is 25.8 Å². The molecule has 0 aliphatic carbocycles. The fourth-order valence-corrected chi connectivity index (χ4v) is 1.43. The minimum Gasteiger partial charge on any atom is -0.478 e. The van der Waals surface area contributed by atoms with Crippen LogP contribution in [0.5, 0.6) is 0 Å². The SMILES string of the molecule is CC(C)(N)CC(=O)Nc1c(F)cccc1C(=O)O. The highest BCUT2D eigenvalue weighted by atomic mass is 19.1. The van der Waals surface area contributed by atoms with Crippen molar-refractivity contribution in [3.8, 4) is 0 Å². The van der Waals surface area contributed by atoms with Crippen molar-refractivity contribution in [2.24, 2.45) is 5.73 Å². The number of para-hydroxylation sites is 1. The van der Waals surface area contributed by atoms with Gasteiger partial charge in [0.2, 0.25) is 5.91 Å². The Bertz CT molecular complexity index is 481. The van der Waals surface area contributed by atoms with Gasteiger partial charge in [-0.1, -0.05) is 6.07 Å². The highest BCUT2D eigenvalue weighted by Gasteiger charge is 2.20. The quantitative estimate of drug-likeness (QED) is 0.760. The van der Waals surface area contributed by atoms with E-state index in [1.165, 1.54) is 12.1 Å². The molecular weight excluding hydrogens is 239 g/mol. The number of halogens is 1. The first-order valence-corrected chi connectivity index (χ1v) is 5.31. The molecule has 1 aromatic carbocycles. The second kappa shape index (κ2) is 5.14. The van der Waals surface area contributed by atoms with E-state index in [1.54, 1.807) is 13.8 Å². The molecule has 0 saturated carbocycles. The van der Waals surface area contributed by atoms with Crippen LogP contribution in [0.1, 0.15) is 30.6 Å². The number of carboxylic acid groups (broad SMARTS) is 1. The van der Waals surface area contributed by atoms with Gasteiger partial charge < -0.3 is 16.2 Å². The molecule has 0 spiro atoms. The summed E-state index contributed by atoms with van der Waals surface area (Å²) in [6.07, 6.45) is -0.0413. The number of rotatable bonds is 4. The number of carboxylic acids is 1. The Kier molecular flexibility index (Phi) is 4.03. The molecule has 0 aromatic heterocycles. The van der Waals surface area contributed by atoms with Gasteiger partial charge >= 0.3 is 5.97 Å². The van der Waals surface area contributed by atoms with Crippen LogP contribution in [0.4, 0.5) is 10.1 Å². The minimum absolute atomic E-state index is 0.0413. The second-order valence-electron chi connectivity index (χ2n) is 4.68. The Morgan fingerprint density at radius 1 is 1.44 bits per heavy atom. The van der Waals surface area contributed by atoms with Crippen LogP contribution in [0.25, 0.3) is 0 Å². The molecule has 0 heterocycles. The van der Waals surface area contributed by atoms with Gasteiger partial charge in [0.1, 0.15) is 5.82 Å². The van der Waals surface area contributed by atoms with E-state index in [0.29, 0.717) is 0 Å². The van der Waals surface area contributed by atoms with Crippen LogP contribution in [0.3, 0.4) is 0 Å². The molecule has 1 rings (SSSR count). The molecule has 6 heteroatoms. The average Bonchev–Trinajstić information content (AvgIpc) is 2.17. The van der Waals surface area contributed by atoms with Gasteiger partial charge in [0, 0.05) is 12.0 Å². The van der Waals surface area contributed by atoms with E-state index >= 15 is 0 Å². The van der Waals surface area contributed by atoms with Gasteiger partial charge in [-0.2, -0.15) is 0 Å². The number of carbonyl (C=O) groups is 2. The van der Waals surface area contributed by atoms with E-state index in [-0.39, 0.29) is 17.7 Å². The standard InChI is InChI=1S/C12H15FN2O3/c1-12(2,14)6-9(16)15-10-7(11(17)18)4-3-5-8(10)13/h3-5H,6,14H2,1-2H3,(H,15,16)(H,17,18). The maximum Gasteiger partial charge on any atom is 0.337 e. The first kappa shape index (κ1) is 14.1. The number of anilines is 1. The largest absolute Gasteiger partial charge is 0.478 e. The summed E-state index contributed by atoms with van der Waals surface area (Å²) < 4.78 is 13.5. The van der Waals surface area contributed by atoms with Gasteiger partial charge in [0.25, 0.3) is 0 Å². The maximum absolute atomic E-state index is 13.5. The van der Waals surface area contributed by atoms with E-state index in [2.05, 4.69) is 5.32 Å². The Labute approximate surface area is 104 Å². The summed E-state index contributed by atoms with van der Waals surface area (Å²) in [5.41, 5.74) is 4.28. The fourth-order valence-electron chi connectivity index (χ4n) is 1.43. The van der Waals surface area contributed by atoms with Crippen molar-refractivity contribution < 1.29 is 19.1 Å². The fraction of sp³-hybridized carbons (Fsp3) is 0.333. The number of amides is 1. The minimum atomic E-state index is -1.31. The van der Waals surface area contributed by atoms with Gasteiger partial charge in [-0.25, -0.2) is 9.18 Å². The average molecular weight is 254 g/mol. The highest BCUT2D eigenvalue weighted by molar-refractivity contribution is 6.00. The molecule has 0 unspecified atom stereocenters. The topological polar surface area (TPSA) is 92.4 Å². The third-order valence-electron chi connectivity index (χ3n) is 2.12. The van der Waals surface area contributed by atoms with E-state index in [0.717, 1.165) is 6.07 Å². The summed E-state index contributed by atoms with van der Waals surface area (Å²) in [6, 6.07) is 3.56. The third-order valence-corrected chi connectivity index (χ3v) is 2.12. The van der Waals surface area contributed by atoms with E-state index in [1.807, 2.05) is 0 Å². The van der Waals surface area contributed by atoms with Crippen LogP contribution in [0, 0.1) is 5.82 Å². The Hall–Kier alpha value is -1.95. The zero-order valence-electron chi connectivity index (χ0n) is 10.2. The van der Waals surface area contributed by atoms with Crippen LogP contribution in [0.2, 0.25) is 0 Å². The Morgan fingerprint density at radius 2 is 2.06 bits per heavy atom. The van der Waals surface area contributed by atoms with Gasteiger partial charge in [-0.05, 0) is 26.0 Å². The van der Waals surface area contributed by atoms with Crippen LogP contribution in [-0.4, -0.2) is 22.5 Å². The summed E-state index contributed by atoms with van der Waals surface area (Å²) >= 11 is 0. The van der Waals surface area contributed by atoms with E-state index in [4.69, 9.17) is 10.8 Å². The second-order valence-corrected chi connectivity index (χ2v) is 4.68. The van der Waals surface area contributed by atoms with Gasteiger partial charge in [-0.3, -0.25) is 4.79 Å². The summed E-state index contributed by atoms with van der Waals surface area (Å²) in [7, 11) is 0. The zero-order valence-corrected chi connectivity index (χ0v) is 10.2. The number of hydrogen-bond donors (Lipinski definition) is 3. The van der Waals surface area contributed by atoms with Crippen molar-refractivity contribution in [1.29, 1.82) is 0 Å². The maximum atomic E-state index is 13.5. The number of nitrogens with one attached hydrogen (secondary N) is 1. The molecule has 5 nitrogen and oxygen atoms in total. The molecule has 1 amide bonds. The smallest absolute Gasteiger partial charge is 0.337 e. The van der Waals surface area contributed by atoms with Crippen LogP contribution in [0.15, 0.2) is 18.2 Å². The highest BCUT2D eigenvalue weighted by Crippen LogP contribution is 2.20. The molecule has 0 bridgehead atoms. The van der Waals surface area contributed by atoms with Crippen LogP contribution >= 0.6 is 0 Å². The lowest BCUT2D eigenvalue weighted by atomic mass is 10.0. The Morgan fingerprint density at radius 3 is 2.56 bits per heavy atom. The molecule has 1 aromatic rings. The van der Waals surface area contributed by atoms with Gasteiger partial charge in [0.15, 0.2) is 0 Å². The monoisotopic (exact) mass is 254 g/mol. The molecule has 4 N–H and O–H groups in total. The zero-order chi connectivity index (χ0) is 13.9. The van der Waals surface area contributed by atoms with E-state index in [9.17, 15) is 14.0 Å². The van der Waals surface area contributed by atoms with Crippen molar-refractivity contribution in [1.82, 2.24) is 0 Å². The molecule has 0 atom stereocenters. The van der Waals surface area contributed by atoms with Crippen molar-refractivity contribution in [3.05, 3.63) is 29.6 Å². The first-order chi connectivity index (χ1) is 8.20. The number of carbonyl (C=O) groups excluding carboxylic acids is 1. The van der Waals surface area contributed by atoms with E-state index < -0.39 is 23.2 Å². The lowest BCUT2D eigenvalue weighted by molar-refractivity contribution is -0.117.